The van der Waals surface area contributed by atoms with Crippen LogP contribution in [-0.4, -0.2) is 33.0 Å². The van der Waals surface area contributed by atoms with E-state index in [1.54, 1.807) is 10.5 Å². The third-order valence-electron chi connectivity index (χ3n) is 3.03. The fourth-order valence-electron chi connectivity index (χ4n) is 1.94. The molecule has 0 aliphatic carbocycles. The van der Waals surface area contributed by atoms with Gasteiger partial charge in [0.05, 0.1) is 13.1 Å². The molecule has 0 unspecified atom stereocenters. The molecule has 3 aromatic rings. The van der Waals surface area contributed by atoms with E-state index in [9.17, 15) is 9.59 Å². The molecule has 3 heterocycles. The van der Waals surface area contributed by atoms with Gasteiger partial charge >= 0.3 is 0 Å². The quantitative estimate of drug-likeness (QED) is 0.693. The molecule has 2 N–H and O–H groups in total. The van der Waals surface area contributed by atoms with E-state index in [1.807, 2.05) is 24.4 Å². The van der Waals surface area contributed by atoms with E-state index >= 15 is 0 Å². The van der Waals surface area contributed by atoms with Gasteiger partial charge in [0, 0.05) is 6.20 Å². The highest BCUT2D eigenvalue weighted by Crippen LogP contribution is 2.13. The molecule has 2 amide bonds. The van der Waals surface area contributed by atoms with Crippen LogP contribution in [0.1, 0.15) is 16.4 Å². The van der Waals surface area contributed by atoms with Crippen LogP contribution in [0.2, 0.25) is 0 Å². The monoisotopic (exact) mass is 377 g/mol. The normalized spacial score (nSPS) is 10.7. The van der Waals surface area contributed by atoms with Gasteiger partial charge in [-0.2, -0.15) is 0 Å². The Morgan fingerprint density at radius 2 is 2.04 bits per heavy atom. The van der Waals surface area contributed by atoms with Gasteiger partial charge in [-0.1, -0.05) is 6.07 Å². The molecule has 3 rings (SSSR count). The van der Waals surface area contributed by atoms with Gasteiger partial charge in [0.1, 0.15) is 0 Å². The largest absolute Gasteiger partial charge is 0.444 e. The smallest absolute Gasteiger partial charge is 0.287 e. The Balaban J connectivity index is 1.51. The fourth-order valence-corrected chi connectivity index (χ4v) is 2.24. The van der Waals surface area contributed by atoms with Crippen LogP contribution in [0.3, 0.4) is 0 Å². The summed E-state index contributed by atoms with van der Waals surface area (Å²) in [6.45, 7) is 0.0556. The lowest BCUT2D eigenvalue weighted by Gasteiger charge is -2.05. The summed E-state index contributed by atoms with van der Waals surface area (Å²) < 4.78 is 7.32. The van der Waals surface area contributed by atoms with Gasteiger partial charge in [-0.3, -0.25) is 14.0 Å². The minimum atomic E-state index is -0.459. The minimum Gasteiger partial charge on any atom is -0.444 e. The van der Waals surface area contributed by atoms with Crippen molar-refractivity contribution in [1.82, 2.24) is 25.2 Å². The van der Waals surface area contributed by atoms with Crippen LogP contribution in [0.4, 0.5) is 0 Å². The minimum absolute atomic E-state index is 0.133. The van der Waals surface area contributed by atoms with Crippen molar-refractivity contribution in [3.05, 3.63) is 52.8 Å². The number of nitrogens with one attached hydrogen (secondary N) is 2. The van der Waals surface area contributed by atoms with Crippen molar-refractivity contribution in [1.29, 1.82) is 0 Å². The Morgan fingerprint density at radius 3 is 2.83 bits per heavy atom. The zero-order valence-corrected chi connectivity index (χ0v) is 13.4. The van der Waals surface area contributed by atoms with Gasteiger partial charge in [-0.05, 0) is 40.2 Å². The molecule has 0 aromatic carbocycles. The second-order valence-electron chi connectivity index (χ2n) is 4.61. The summed E-state index contributed by atoms with van der Waals surface area (Å²) in [5.74, 6) is -0.0567. The number of carbonyl (C=O) groups excluding carboxylic acids is 2. The summed E-state index contributed by atoms with van der Waals surface area (Å²) in [6, 6.07) is 8.64. The highest BCUT2D eigenvalue weighted by Gasteiger charge is 2.12. The molecule has 0 spiro atoms. The van der Waals surface area contributed by atoms with Crippen molar-refractivity contribution in [2.45, 2.75) is 6.54 Å². The summed E-state index contributed by atoms with van der Waals surface area (Å²) in [6.07, 6.45) is 1.81. The number of nitrogens with zero attached hydrogens (tertiary/aromatic N) is 3. The SMILES string of the molecule is O=C(CNC(=O)c1ccc(Br)o1)NCc1nnc2ccccn12. The molecular weight excluding hydrogens is 366 g/mol. The average molecular weight is 378 g/mol. The van der Waals surface area contributed by atoms with Crippen molar-refractivity contribution < 1.29 is 14.0 Å². The predicted octanol–water partition coefficient (Wildman–Crippen LogP) is 1.13. The number of hydrogen-bond donors (Lipinski definition) is 2. The zero-order valence-electron chi connectivity index (χ0n) is 11.8. The zero-order chi connectivity index (χ0) is 16.2. The van der Waals surface area contributed by atoms with Crippen LogP contribution in [0.25, 0.3) is 5.65 Å². The third kappa shape index (κ3) is 3.57. The van der Waals surface area contributed by atoms with Crippen LogP contribution in [0.15, 0.2) is 45.6 Å². The summed E-state index contributed by atoms with van der Waals surface area (Å²) >= 11 is 3.11. The lowest BCUT2D eigenvalue weighted by molar-refractivity contribution is -0.120. The van der Waals surface area contributed by atoms with Crippen LogP contribution in [0.5, 0.6) is 0 Å². The first kappa shape index (κ1) is 15.2. The number of pyridine rings is 1. The summed E-state index contributed by atoms with van der Waals surface area (Å²) in [7, 11) is 0. The van der Waals surface area contributed by atoms with Crippen LogP contribution < -0.4 is 10.6 Å². The number of hydrogen-bond acceptors (Lipinski definition) is 5. The number of halogens is 1. The van der Waals surface area contributed by atoms with E-state index in [0.717, 1.165) is 0 Å². The van der Waals surface area contributed by atoms with Crippen molar-refractivity contribution >= 4 is 33.4 Å². The molecule has 0 fully saturated rings. The number of fused-ring (bicyclic) bond motifs is 1. The van der Waals surface area contributed by atoms with E-state index in [4.69, 9.17) is 4.42 Å². The number of aromatic nitrogens is 3. The molecule has 0 saturated heterocycles. The molecule has 9 heteroatoms. The number of furan rings is 1. The summed E-state index contributed by atoms with van der Waals surface area (Å²) in [4.78, 5) is 23.5. The van der Waals surface area contributed by atoms with Crippen molar-refractivity contribution in [3.8, 4) is 0 Å². The molecule has 0 atom stereocenters. The maximum Gasteiger partial charge on any atom is 0.287 e. The van der Waals surface area contributed by atoms with E-state index in [-0.39, 0.29) is 24.8 Å². The molecule has 118 valence electrons. The lowest BCUT2D eigenvalue weighted by atomic mass is 10.4. The number of carbonyl (C=O) groups is 2. The summed E-state index contributed by atoms with van der Waals surface area (Å²) in [5, 5.41) is 13.1. The Bertz CT molecular complexity index is 857. The van der Waals surface area contributed by atoms with Crippen molar-refractivity contribution in [2.75, 3.05) is 6.54 Å². The lowest BCUT2D eigenvalue weighted by Crippen LogP contribution is -2.36. The highest BCUT2D eigenvalue weighted by molar-refractivity contribution is 9.10. The number of rotatable bonds is 5. The van der Waals surface area contributed by atoms with E-state index in [0.29, 0.717) is 16.1 Å². The van der Waals surface area contributed by atoms with Crippen molar-refractivity contribution in [2.24, 2.45) is 0 Å². The molecule has 0 bridgehead atoms. The maximum atomic E-state index is 11.8. The van der Waals surface area contributed by atoms with E-state index in [2.05, 4.69) is 36.8 Å². The fraction of sp³-hybridized carbons (Fsp3) is 0.143. The second-order valence-corrected chi connectivity index (χ2v) is 5.39. The topological polar surface area (TPSA) is 102 Å². The Morgan fingerprint density at radius 1 is 1.17 bits per heavy atom. The van der Waals surface area contributed by atoms with Gasteiger partial charge in [0.2, 0.25) is 5.91 Å². The summed E-state index contributed by atoms with van der Waals surface area (Å²) in [5.41, 5.74) is 0.702. The van der Waals surface area contributed by atoms with Gasteiger partial charge in [0.15, 0.2) is 21.9 Å². The molecule has 0 saturated carbocycles. The van der Waals surface area contributed by atoms with Crippen LogP contribution in [-0.2, 0) is 11.3 Å². The standard InChI is InChI=1S/C14H12BrN5O3/c15-10-5-4-9(23-10)14(22)17-8-13(21)16-7-12-19-18-11-3-1-2-6-20(11)12/h1-6H,7-8H2,(H,16,21)(H,17,22). The van der Waals surface area contributed by atoms with Crippen LogP contribution in [0, 0.1) is 0 Å². The average Bonchev–Trinajstić information content (AvgIpc) is 3.17. The molecule has 3 aromatic heterocycles. The Labute approximate surface area is 139 Å². The van der Waals surface area contributed by atoms with Gasteiger partial charge < -0.3 is 15.1 Å². The van der Waals surface area contributed by atoms with Crippen LogP contribution >= 0.6 is 15.9 Å². The first-order chi connectivity index (χ1) is 11.1. The van der Waals surface area contributed by atoms with Gasteiger partial charge in [-0.25, -0.2) is 0 Å². The first-order valence-electron chi connectivity index (χ1n) is 6.72. The van der Waals surface area contributed by atoms with Crippen molar-refractivity contribution in [3.63, 3.8) is 0 Å². The second kappa shape index (κ2) is 6.61. The Hall–Kier alpha value is -2.68. The predicted molar refractivity (Wildman–Crippen MR) is 83.6 cm³/mol. The highest BCUT2D eigenvalue weighted by atomic mass is 79.9. The van der Waals surface area contributed by atoms with Gasteiger partial charge in [0.25, 0.3) is 5.91 Å². The molecule has 0 aliphatic heterocycles. The van der Waals surface area contributed by atoms with E-state index in [1.165, 1.54) is 6.07 Å². The van der Waals surface area contributed by atoms with Gasteiger partial charge in [-0.15, -0.1) is 10.2 Å². The molecular formula is C14H12BrN5O3. The molecule has 8 nitrogen and oxygen atoms in total. The molecule has 0 aliphatic rings. The third-order valence-corrected chi connectivity index (χ3v) is 3.46. The molecule has 0 radical (unpaired) electrons. The van der Waals surface area contributed by atoms with E-state index < -0.39 is 5.91 Å². The molecule has 23 heavy (non-hydrogen) atoms. The first-order valence-corrected chi connectivity index (χ1v) is 7.51. The number of amides is 2. The maximum absolute atomic E-state index is 11.8. The Kier molecular flexibility index (Phi) is 4.38.